The van der Waals surface area contributed by atoms with Crippen LogP contribution in [-0.2, 0) is 9.84 Å². The van der Waals surface area contributed by atoms with Crippen molar-refractivity contribution in [1.29, 1.82) is 0 Å². The first-order valence-electron chi connectivity index (χ1n) is 4.07. The molecule has 3 nitrogen and oxygen atoms in total. The molecule has 0 saturated heterocycles. The predicted molar refractivity (Wildman–Crippen MR) is 58.1 cm³/mol. The summed E-state index contributed by atoms with van der Waals surface area (Å²) < 4.78 is 22.0. The zero-order chi connectivity index (χ0) is 10.8. The molecular formula is C9H12ClNO2S. The van der Waals surface area contributed by atoms with Crippen LogP contribution in [0.4, 0.5) is 0 Å². The van der Waals surface area contributed by atoms with E-state index in [1.807, 2.05) is 0 Å². The van der Waals surface area contributed by atoms with Gasteiger partial charge >= 0.3 is 0 Å². The van der Waals surface area contributed by atoms with E-state index in [2.05, 4.69) is 0 Å². The second-order valence-corrected chi connectivity index (χ2v) is 5.87. The normalized spacial score (nSPS) is 13.9. The molecule has 0 amide bonds. The number of rotatable bonds is 3. The first-order valence-corrected chi connectivity index (χ1v) is 6.51. The fourth-order valence-corrected chi connectivity index (χ4v) is 2.10. The van der Waals surface area contributed by atoms with Crippen molar-refractivity contribution in [3.05, 3.63) is 34.9 Å². The quantitative estimate of drug-likeness (QED) is 0.858. The minimum Gasteiger partial charge on any atom is -0.323 e. The predicted octanol–water partition coefficient (Wildman–Crippen LogP) is 1.38. The number of nitrogens with two attached hydrogens (primary N) is 1. The lowest BCUT2D eigenvalue weighted by Crippen LogP contribution is -2.20. The third-order valence-electron chi connectivity index (χ3n) is 1.78. The van der Waals surface area contributed by atoms with E-state index in [9.17, 15) is 8.42 Å². The topological polar surface area (TPSA) is 60.2 Å². The third kappa shape index (κ3) is 3.65. The number of benzene rings is 1. The van der Waals surface area contributed by atoms with Gasteiger partial charge in [0.15, 0.2) is 0 Å². The van der Waals surface area contributed by atoms with Crippen molar-refractivity contribution in [2.45, 2.75) is 6.04 Å². The Morgan fingerprint density at radius 3 is 2.29 bits per heavy atom. The van der Waals surface area contributed by atoms with Gasteiger partial charge in [-0.05, 0) is 17.7 Å². The molecule has 2 N–H and O–H groups in total. The molecule has 0 aliphatic rings. The van der Waals surface area contributed by atoms with E-state index in [1.165, 1.54) is 6.26 Å². The molecule has 5 heteroatoms. The Balaban J connectivity index is 2.80. The lowest BCUT2D eigenvalue weighted by atomic mass is 10.1. The van der Waals surface area contributed by atoms with Crippen LogP contribution in [0.25, 0.3) is 0 Å². The number of hydrogen-bond acceptors (Lipinski definition) is 3. The van der Waals surface area contributed by atoms with Crippen LogP contribution in [-0.4, -0.2) is 20.4 Å². The zero-order valence-corrected chi connectivity index (χ0v) is 9.35. The Morgan fingerprint density at radius 1 is 1.36 bits per heavy atom. The van der Waals surface area contributed by atoms with E-state index in [4.69, 9.17) is 17.3 Å². The molecule has 1 aromatic rings. The van der Waals surface area contributed by atoms with E-state index >= 15 is 0 Å². The minimum absolute atomic E-state index is 0.0470. The summed E-state index contributed by atoms with van der Waals surface area (Å²) in [6.45, 7) is 0. The Kier molecular flexibility index (Phi) is 3.53. The van der Waals surface area contributed by atoms with Crippen molar-refractivity contribution in [3.63, 3.8) is 0 Å². The van der Waals surface area contributed by atoms with E-state index in [0.29, 0.717) is 5.02 Å². The molecular weight excluding hydrogens is 222 g/mol. The Labute approximate surface area is 88.8 Å². The molecule has 0 aliphatic heterocycles. The highest BCUT2D eigenvalue weighted by atomic mass is 35.5. The van der Waals surface area contributed by atoms with Gasteiger partial charge in [-0.25, -0.2) is 8.42 Å². The fourth-order valence-electron chi connectivity index (χ4n) is 1.13. The molecule has 0 spiro atoms. The summed E-state index contributed by atoms with van der Waals surface area (Å²) in [5, 5.41) is 0.611. The first-order chi connectivity index (χ1) is 6.38. The van der Waals surface area contributed by atoms with Gasteiger partial charge < -0.3 is 5.73 Å². The monoisotopic (exact) mass is 233 g/mol. The highest BCUT2D eigenvalue weighted by molar-refractivity contribution is 7.90. The third-order valence-corrected chi connectivity index (χ3v) is 3.00. The summed E-state index contributed by atoms with van der Waals surface area (Å²) in [5.41, 5.74) is 6.49. The molecule has 0 aromatic heterocycles. The molecule has 0 radical (unpaired) electrons. The highest BCUT2D eigenvalue weighted by Gasteiger charge is 2.12. The van der Waals surface area contributed by atoms with Crippen LogP contribution < -0.4 is 5.73 Å². The van der Waals surface area contributed by atoms with Gasteiger partial charge in [-0.1, -0.05) is 23.7 Å². The van der Waals surface area contributed by atoms with Crippen molar-refractivity contribution in [1.82, 2.24) is 0 Å². The van der Waals surface area contributed by atoms with Gasteiger partial charge in [0.25, 0.3) is 0 Å². The van der Waals surface area contributed by atoms with E-state index in [1.54, 1.807) is 24.3 Å². The smallest absolute Gasteiger partial charge is 0.149 e. The Bertz CT molecular complexity index is 399. The SMILES string of the molecule is CS(=O)(=O)C[C@@H](N)c1ccc(Cl)cc1. The van der Waals surface area contributed by atoms with Crippen LogP contribution >= 0.6 is 11.6 Å². The average molecular weight is 234 g/mol. The van der Waals surface area contributed by atoms with Crippen LogP contribution in [0.2, 0.25) is 5.02 Å². The van der Waals surface area contributed by atoms with Crippen molar-refractivity contribution in [3.8, 4) is 0 Å². The largest absolute Gasteiger partial charge is 0.323 e. The summed E-state index contributed by atoms with van der Waals surface area (Å²) in [5.74, 6) is -0.0470. The molecule has 1 rings (SSSR count). The number of sulfone groups is 1. The van der Waals surface area contributed by atoms with Crippen molar-refractivity contribution < 1.29 is 8.42 Å². The van der Waals surface area contributed by atoms with Gasteiger partial charge in [-0.3, -0.25) is 0 Å². The maximum Gasteiger partial charge on any atom is 0.149 e. The average Bonchev–Trinajstić information content (AvgIpc) is 2.02. The highest BCUT2D eigenvalue weighted by Crippen LogP contribution is 2.15. The van der Waals surface area contributed by atoms with Gasteiger partial charge in [0.2, 0.25) is 0 Å². The van der Waals surface area contributed by atoms with Crippen LogP contribution in [0.15, 0.2) is 24.3 Å². The number of hydrogen-bond donors (Lipinski definition) is 1. The summed E-state index contributed by atoms with van der Waals surface area (Å²) in [7, 11) is -3.04. The van der Waals surface area contributed by atoms with Crippen molar-refractivity contribution in [2.75, 3.05) is 12.0 Å². The lowest BCUT2D eigenvalue weighted by Gasteiger charge is -2.10. The van der Waals surface area contributed by atoms with Crippen molar-refractivity contribution in [2.24, 2.45) is 5.73 Å². The van der Waals surface area contributed by atoms with Gasteiger partial charge in [-0.15, -0.1) is 0 Å². The molecule has 0 heterocycles. The second-order valence-electron chi connectivity index (χ2n) is 3.25. The maximum absolute atomic E-state index is 11.0. The molecule has 1 aromatic carbocycles. The van der Waals surface area contributed by atoms with Crippen LogP contribution in [0.5, 0.6) is 0 Å². The van der Waals surface area contributed by atoms with Crippen molar-refractivity contribution >= 4 is 21.4 Å². The van der Waals surface area contributed by atoms with Crippen LogP contribution in [0.3, 0.4) is 0 Å². The summed E-state index contributed by atoms with van der Waals surface area (Å²) in [6.07, 6.45) is 1.17. The Hall–Kier alpha value is -0.580. The first kappa shape index (κ1) is 11.5. The summed E-state index contributed by atoms with van der Waals surface area (Å²) in [4.78, 5) is 0. The Morgan fingerprint density at radius 2 is 1.86 bits per heavy atom. The summed E-state index contributed by atoms with van der Waals surface area (Å²) in [6, 6.07) is 6.37. The van der Waals surface area contributed by atoms with Crippen LogP contribution in [0, 0.1) is 0 Å². The van der Waals surface area contributed by atoms with E-state index in [0.717, 1.165) is 5.56 Å². The van der Waals surface area contributed by atoms with E-state index < -0.39 is 15.9 Å². The minimum atomic E-state index is -3.04. The van der Waals surface area contributed by atoms with Gasteiger partial charge in [0.1, 0.15) is 9.84 Å². The molecule has 1 atom stereocenters. The zero-order valence-electron chi connectivity index (χ0n) is 7.77. The lowest BCUT2D eigenvalue weighted by molar-refractivity contribution is 0.595. The van der Waals surface area contributed by atoms with E-state index in [-0.39, 0.29) is 5.75 Å². The molecule has 0 aliphatic carbocycles. The molecule has 14 heavy (non-hydrogen) atoms. The van der Waals surface area contributed by atoms with Gasteiger partial charge in [0, 0.05) is 17.3 Å². The molecule has 0 bridgehead atoms. The molecule has 0 fully saturated rings. The molecule has 0 saturated carbocycles. The summed E-state index contributed by atoms with van der Waals surface area (Å²) >= 11 is 5.69. The molecule has 0 unspecified atom stereocenters. The number of halogens is 1. The molecule has 78 valence electrons. The fraction of sp³-hybridized carbons (Fsp3) is 0.333. The van der Waals surface area contributed by atoms with Gasteiger partial charge in [-0.2, -0.15) is 0 Å². The van der Waals surface area contributed by atoms with Crippen LogP contribution in [0.1, 0.15) is 11.6 Å². The van der Waals surface area contributed by atoms with Gasteiger partial charge in [0.05, 0.1) is 5.75 Å². The maximum atomic E-state index is 11.0. The second kappa shape index (κ2) is 4.29. The standard InChI is InChI=1S/C9H12ClNO2S/c1-14(12,13)6-9(11)7-2-4-8(10)5-3-7/h2-5,9H,6,11H2,1H3/t9-/m1/s1.